The van der Waals surface area contributed by atoms with Crippen molar-refractivity contribution in [3.63, 3.8) is 0 Å². The Morgan fingerprint density at radius 2 is 1.67 bits per heavy atom. The topological polar surface area (TPSA) is 51.5 Å². The molecule has 1 aromatic heterocycles. The molecule has 1 amide bonds. The fourth-order valence-corrected chi connectivity index (χ4v) is 4.90. The Hall–Kier alpha value is -4.31. The van der Waals surface area contributed by atoms with Gasteiger partial charge in [0.25, 0.3) is 0 Å². The second-order valence-corrected chi connectivity index (χ2v) is 9.10. The van der Waals surface area contributed by atoms with E-state index in [-0.39, 0.29) is 11.9 Å². The summed E-state index contributed by atoms with van der Waals surface area (Å²) in [5, 5.41) is 6.40. The first-order chi connectivity index (χ1) is 17.5. The first-order valence-corrected chi connectivity index (χ1v) is 12.1. The van der Waals surface area contributed by atoms with Crippen LogP contribution in [0.5, 0.6) is 5.75 Å². The molecule has 0 radical (unpaired) electrons. The minimum atomic E-state index is -0.148. The fraction of sp³-hybridized carbons (Fsp3) is 0.156. The molecule has 1 atom stereocenters. The number of rotatable bonds is 6. The molecule has 5 aromatic rings. The van der Waals surface area contributed by atoms with Crippen molar-refractivity contribution >= 4 is 33.2 Å². The SMILES string of the molecule is COc1c(/C(C)=C/C(=O)NC(C)c2ccccc2)cc2c(-c3cccc4ccccc34)coc2c1C. The van der Waals surface area contributed by atoms with Crippen LogP contribution in [0, 0.1) is 6.92 Å². The Kier molecular flexibility index (Phi) is 6.34. The van der Waals surface area contributed by atoms with Gasteiger partial charge in [0.2, 0.25) is 5.91 Å². The number of hydrogen-bond acceptors (Lipinski definition) is 3. The molecule has 1 heterocycles. The standard InChI is InChI=1S/C32H29NO3/c1-20(17-30(34)33-22(3)23-11-6-5-7-12-23)27-18-28-29(19-36-32(28)21(2)31(27)35-4)26-16-10-14-24-13-8-9-15-25(24)26/h5-19,22H,1-4H3,(H,33,34)/b20-17+. The second kappa shape index (κ2) is 9.74. The summed E-state index contributed by atoms with van der Waals surface area (Å²) in [7, 11) is 1.65. The normalized spacial score (nSPS) is 12.6. The summed E-state index contributed by atoms with van der Waals surface area (Å²) in [6.07, 6.45) is 3.45. The maximum Gasteiger partial charge on any atom is 0.244 e. The number of benzene rings is 4. The van der Waals surface area contributed by atoms with Crippen LogP contribution in [0.2, 0.25) is 0 Å². The van der Waals surface area contributed by atoms with Gasteiger partial charge < -0.3 is 14.5 Å². The van der Waals surface area contributed by atoms with E-state index in [0.29, 0.717) is 5.75 Å². The highest BCUT2D eigenvalue weighted by atomic mass is 16.5. The van der Waals surface area contributed by atoms with E-state index in [1.165, 1.54) is 10.8 Å². The van der Waals surface area contributed by atoms with E-state index in [1.54, 1.807) is 13.2 Å². The number of carbonyl (C=O) groups excluding carboxylic acids is 1. The number of carbonyl (C=O) groups is 1. The third-order valence-corrected chi connectivity index (χ3v) is 6.76. The molecule has 4 nitrogen and oxygen atoms in total. The number of fused-ring (bicyclic) bond motifs is 2. The van der Waals surface area contributed by atoms with Crippen molar-refractivity contribution in [3.05, 3.63) is 108 Å². The minimum absolute atomic E-state index is 0.0966. The molecule has 0 bridgehead atoms. The van der Waals surface area contributed by atoms with Crippen LogP contribution in [-0.4, -0.2) is 13.0 Å². The van der Waals surface area contributed by atoms with Crippen molar-refractivity contribution in [1.82, 2.24) is 5.32 Å². The summed E-state index contributed by atoms with van der Waals surface area (Å²) < 4.78 is 11.9. The van der Waals surface area contributed by atoms with Gasteiger partial charge in [-0.2, -0.15) is 0 Å². The molecule has 0 aliphatic carbocycles. The molecular weight excluding hydrogens is 446 g/mol. The van der Waals surface area contributed by atoms with E-state index >= 15 is 0 Å². The van der Waals surface area contributed by atoms with Gasteiger partial charge in [0.05, 0.1) is 19.4 Å². The number of allylic oxidation sites excluding steroid dienone is 1. The number of methoxy groups -OCH3 is 1. The highest BCUT2D eigenvalue weighted by molar-refractivity contribution is 6.07. The van der Waals surface area contributed by atoms with E-state index in [1.807, 2.05) is 63.4 Å². The van der Waals surface area contributed by atoms with Crippen LogP contribution in [0.15, 0.2) is 95.6 Å². The zero-order valence-corrected chi connectivity index (χ0v) is 21.0. The monoisotopic (exact) mass is 475 g/mol. The molecule has 0 aliphatic rings. The first-order valence-electron chi connectivity index (χ1n) is 12.1. The average Bonchev–Trinajstić information content (AvgIpc) is 3.32. The number of amides is 1. The van der Waals surface area contributed by atoms with Crippen molar-refractivity contribution in [3.8, 4) is 16.9 Å². The lowest BCUT2D eigenvalue weighted by Gasteiger charge is -2.15. The van der Waals surface area contributed by atoms with Gasteiger partial charge >= 0.3 is 0 Å². The fourth-order valence-electron chi connectivity index (χ4n) is 4.90. The van der Waals surface area contributed by atoms with E-state index in [4.69, 9.17) is 9.15 Å². The van der Waals surface area contributed by atoms with Crippen LogP contribution < -0.4 is 10.1 Å². The van der Waals surface area contributed by atoms with E-state index in [9.17, 15) is 4.79 Å². The van der Waals surface area contributed by atoms with Crippen molar-refractivity contribution in [2.24, 2.45) is 0 Å². The van der Waals surface area contributed by atoms with Gasteiger partial charge in [0.1, 0.15) is 11.3 Å². The molecule has 4 aromatic carbocycles. The number of nitrogens with one attached hydrogen (secondary N) is 1. The maximum absolute atomic E-state index is 12.9. The van der Waals surface area contributed by atoms with Crippen LogP contribution in [0.4, 0.5) is 0 Å². The van der Waals surface area contributed by atoms with Gasteiger partial charge in [-0.3, -0.25) is 4.79 Å². The van der Waals surface area contributed by atoms with Crippen LogP contribution in [0.25, 0.3) is 38.4 Å². The van der Waals surface area contributed by atoms with Crippen molar-refractivity contribution in [2.75, 3.05) is 7.11 Å². The van der Waals surface area contributed by atoms with Crippen LogP contribution >= 0.6 is 0 Å². The zero-order chi connectivity index (χ0) is 25.2. The third-order valence-electron chi connectivity index (χ3n) is 6.76. The summed E-state index contributed by atoms with van der Waals surface area (Å²) in [4.78, 5) is 12.9. The Bertz CT molecular complexity index is 1590. The second-order valence-electron chi connectivity index (χ2n) is 9.10. The molecule has 0 saturated heterocycles. The van der Waals surface area contributed by atoms with Gasteiger partial charge in [-0.25, -0.2) is 0 Å². The molecule has 4 heteroatoms. The van der Waals surface area contributed by atoms with Gasteiger partial charge in [-0.05, 0) is 54.3 Å². The Morgan fingerprint density at radius 1 is 0.944 bits per heavy atom. The Balaban J connectivity index is 1.57. The predicted octanol–water partition coefficient (Wildman–Crippen LogP) is 7.85. The zero-order valence-electron chi connectivity index (χ0n) is 21.0. The summed E-state index contributed by atoms with van der Waals surface area (Å²) >= 11 is 0. The molecule has 5 rings (SSSR count). The quantitative estimate of drug-likeness (QED) is 0.254. The lowest BCUT2D eigenvalue weighted by Crippen LogP contribution is -2.24. The molecule has 0 fully saturated rings. The van der Waals surface area contributed by atoms with Crippen molar-refractivity contribution < 1.29 is 13.9 Å². The summed E-state index contributed by atoms with van der Waals surface area (Å²) in [5.74, 6) is 0.559. The van der Waals surface area contributed by atoms with Crippen LogP contribution in [0.3, 0.4) is 0 Å². The first kappa shape index (κ1) is 23.4. The minimum Gasteiger partial charge on any atom is -0.496 e. The number of ether oxygens (including phenoxy) is 1. The van der Waals surface area contributed by atoms with E-state index < -0.39 is 0 Å². The lowest BCUT2D eigenvalue weighted by molar-refractivity contribution is -0.117. The van der Waals surface area contributed by atoms with Crippen molar-refractivity contribution in [2.45, 2.75) is 26.8 Å². The molecule has 36 heavy (non-hydrogen) atoms. The molecule has 0 spiro atoms. The average molecular weight is 476 g/mol. The van der Waals surface area contributed by atoms with Crippen LogP contribution in [-0.2, 0) is 4.79 Å². The predicted molar refractivity (Wildman–Crippen MR) is 147 cm³/mol. The van der Waals surface area contributed by atoms with Crippen LogP contribution in [0.1, 0.15) is 36.6 Å². The molecule has 1 unspecified atom stereocenters. The van der Waals surface area contributed by atoms with Gasteiger partial charge in [-0.15, -0.1) is 0 Å². The number of furan rings is 1. The number of hydrogen-bond donors (Lipinski definition) is 1. The third kappa shape index (κ3) is 4.27. The summed E-state index contributed by atoms with van der Waals surface area (Å²) in [5.41, 5.74) is 6.57. The molecule has 0 aliphatic heterocycles. The van der Waals surface area contributed by atoms with E-state index in [0.717, 1.165) is 44.4 Å². The lowest BCUT2D eigenvalue weighted by atomic mass is 9.94. The summed E-state index contributed by atoms with van der Waals surface area (Å²) in [6, 6.07) is 26.5. The molecule has 0 saturated carbocycles. The van der Waals surface area contributed by atoms with E-state index in [2.05, 4.69) is 47.8 Å². The van der Waals surface area contributed by atoms with Gasteiger partial charge in [0, 0.05) is 28.2 Å². The Morgan fingerprint density at radius 3 is 2.44 bits per heavy atom. The van der Waals surface area contributed by atoms with Gasteiger partial charge in [-0.1, -0.05) is 72.8 Å². The highest BCUT2D eigenvalue weighted by Gasteiger charge is 2.20. The molecular formula is C32H29NO3. The molecule has 180 valence electrons. The van der Waals surface area contributed by atoms with Gasteiger partial charge in [0.15, 0.2) is 0 Å². The van der Waals surface area contributed by atoms with Crippen molar-refractivity contribution in [1.29, 1.82) is 0 Å². The maximum atomic E-state index is 12.9. The smallest absolute Gasteiger partial charge is 0.244 e. The Labute approximate surface area is 211 Å². The largest absolute Gasteiger partial charge is 0.496 e. The summed E-state index contributed by atoms with van der Waals surface area (Å²) in [6.45, 7) is 5.91. The number of aryl methyl sites for hydroxylation is 1. The molecule has 1 N–H and O–H groups in total. The highest BCUT2D eigenvalue weighted by Crippen LogP contribution is 2.42.